The zero-order valence-electron chi connectivity index (χ0n) is 17.3. The lowest BCUT2D eigenvalue weighted by Crippen LogP contribution is -2.02. The molecule has 0 unspecified atom stereocenters. The van der Waals surface area contributed by atoms with Crippen molar-refractivity contribution >= 4 is 5.78 Å². The Bertz CT molecular complexity index is 1210. The summed E-state index contributed by atoms with van der Waals surface area (Å²) in [6.07, 6.45) is 4.65. The molecule has 0 bridgehead atoms. The molecule has 0 radical (unpaired) electrons. The fraction of sp³-hybridized carbons (Fsp3) is 0.208. The van der Waals surface area contributed by atoms with Gasteiger partial charge in [-0.1, -0.05) is 12.1 Å². The highest BCUT2D eigenvalue weighted by Crippen LogP contribution is 2.22. The minimum Gasteiger partial charge on any atom is -0.292 e. The normalized spacial score (nSPS) is 10.9. The summed E-state index contributed by atoms with van der Waals surface area (Å²) in [5.74, 6) is 0.0212. The van der Waals surface area contributed by atoms with Crippen LogP contribution in [0, 0.1) is 20.8 Å². The monoisotopic (exact) mass is 397 g/mol. The SMILES string of the molecule is Cc1cc(-c2ncc(CCC(=O)c3cc(-c4cccc(C)n4)n[nH]3)cc2C)ccn1. The smallest absolute Gasteiger partial charge is 0.180 e. The van der Waals surface area contributed by atoms with Crippen LogP contribution in [0.2, 0.25) is 0 Å². The number of carbonyl (C=O) groups excluding carboxylic acids is 1. The maximum absolute atomic E-state index is 12.6. The Morgan fingerprint density at radius 1 is 0.967 bits per heavy atom. The summed E-state index contributed by atoms with van der Waals surface area (Å²) in [4.78, 5) is 25.9. The minimum atomic E-state index is 0.0212. The summed E-state index contributed by atoms with van der Waals surface area (Å²) in [6, 6.07) is 13.6. The summed E-state index contributed by atoms with van der Waals surface area (Å²) < 4.78 is 0. The molecule has 4 heterocycles. The Balaban J connectivity index is 1.44. The van der Waals surface area contributed by atoms with Crippen LogP contribution in [0.5, 0.6) is 0 Å². The first-order valence-electron chi connectivity index (χ1n) is 9.91. The van der Waals surface area contributed by atoms with E-state index in [1.54, 1.807) is 12.3 Å². The number of aromatic nitrogens is 5. The number of aromatic amines is 1. The van der Waals surface area contributed by atoms with E-state index in [1.807, 2.05) is 57.3 Å². The Kier molecular flexibility index (Phi) is 5.48. The molecule has 0 atom stereocenters. The van der Waals surface area contributed by atoms with Gasteiger partial charge in [-0.25, -0.2) is 0 Å². The van der Waals surface area contributed by atoms with Crippen molar-refractivity contribution in [2.45, 2.75) is 33.6 Å². The number of ketones is 1. The second-order valence-electron chi connectivity index (χ2n) is 7.45. The van der Waals surface area contributed by atoms with Crippen LogP contribution < -0.4 is 0 Å². The molecule has 4 rings (SSSR count). The average molecular weight is 397 g/mol. The Hall–Kier alpha value is -3.67. The van der Waals surface area contributed by atoms with E-state index < -0.39 is 0 Å². The number of hydrogen-bond donors (Lipinski definition) is 1. The highest BCUT2D eigenvalue weighted by atomic mass is 16.1. The second-order valence-corrected chi connectivity index (χ2v) is 7.45. The zero-order chi connectivity index (χ0) is 21.1. The van der Waals surface area contributed by atoms with Crippen LogP contribution in [-0.4, -0.2) is 30.9 Å². The van der Waals surface area contributed by atoms with Crippen molar-refractivity contribution in [1.82, 2.24) is 25.1 Å². The van der Waals surface area contributed by atoms with E-state index in [-0.39, 0.29) is 5.78 Å². The Morgan fingerprint density at radius 3 is 2.60 bits per heavy atom. The quantitative estimate of drug-likeness (QED) is 0.478. The van der Waals surface area contributed by atoms with Crippen LogP contribution in [-0.2, 0) is 6.42 Å². The van der Waals surface area contributed by atoms with Crippen LogP contribution >= 0.6 is 0 Å². The number of H-pyrrole nitrogens is 1. The topological polar surface area (TPSA) is 84.4 Å². The van der Waals surface area contributed by atoms with E-state index in [1.165, 1.54) is 0 Å². The van der Waals surface area contributed by atoms with Gasteiger partial charge in [0.1, 0.15) is 11.4 Å². The summed E-state index contributed by atoms with van der Waals surface area (Å²) >= 11 is 0. The Labute approximate surface area is 175 Å². The number of pyridine rings is 3. The molecule has 150 valence electrons. The molecule has 0 saturated heterocycles. The average Bonchev–Trinajstić information content (AvgIpc) is 3.22. The van der Waals surface area contributed by atoms with E-state index in [0.29, 0.717) is 24.2 Å². The predicted molar refractivity (Wildman–Crippen MR) is 116 cm³/mol. The first-order chi connectivity index (χ1) is 14.5. The molecule has 0 aliphatic rings. The molecule has 30 heavy (non-hydrogen) atoms. The molecule has 0 saturated carbocycles. The van der Waals surface area contributed by atoms with E-state index in [0.717, 1.165) is 39.5 Å². The molecule has 1 N–H and O–H groups in total. The van der Waals surface area contributed by atoms with E-state index in [9.17, 15) is 4.79 Å². The molecule has 4 aromatic heterocycles. The molecule has 6 heteroatoms. The lowest BCUT2D eigenvalue weighted by molar-refractivity contribution is 0.0978. The standard InChI is InChI=1S/C24H23N5O/c1-15-11-18(14-26-24(15)19-9-10-25-17(3)12-19)7-8-23(30)22-13-21(28-29-22)20-6-4-5-16(2)27-20/h4-6,9-14H,7-8H2,1-3H3,(H,28,29). The van der Waals surface area contributed by atoms with Crippen LogP contribution in [0.3, 0.4) is 0 Å². The summed E-state index contributed by atoms with van der Waals surface area (Å²) in [6.45, 7) is 5.94. The van der Waals surface area contributed by atoms with Crippen LogP contribution in [0.1, 0.15) is 39.4 Å². The molecule has 4 aromatic rings. The third-order valence-corrected chi connectivity index (χ3v) is 4.97. The van der Waals surface area contributed by atoms with Gasteiger partial charge in [-0.2, -0.15) is 5.10 Å². The van der Waals surface area contributed by atoms with Crippen molar-refractivity contribution < 1.29 is 4.79 Å². The molecule has 0 fully saturated rings. The van der Waals surface area contributed by atoms with Crippen LogP contribution in [0.4, 0.5) is 0 Å². The van der Waals surface area contributed by atoms with Crippen molar-refractivity contribution in [1.29, 1.82) is 0 Å². The number of hydrogen-bond acceptors (Lipinski definition) is 5. The lowest BCUT2D eigenvalue weighted by atomic mass is 10.0. The molecule has 0 amide bonds. The molecule has 0 spiro atoms. The van der Waals surface area contributed by atoms with Crippen molar-refractivity contribution in [2.24, 2.45) is 0 Å². The molecule has 0 aromatic carbocycles. The molecule has 0 aliphatic carbocycles. The largest absolute Gasteiger partial charge is 0.292 e. The maximum Gasteiger partial charge on any atom is 0.180 e. The van der Waals surface area contributed by atoms with Gasteiger partial charge in [-0.3, -0.25) is 24.8 Å². The van der Waals surface area contributed by atoms with Gasteiger partial charge in [0.25, 0.3) is 0 Å². The number of nitrogens with one attached hydrogen (secondary N) is 1. The van der Waals surface area contributed by atoms with Gasteiger partial charge in [-0.05, 0) is 68.7 Å². The van der Waals surface area contributed by atoms with Gasteiger partial charge in [0.05, 0.1) is 11.4 Å². The molecule has 0 aliphatic heterocycles. The van der Waals surface area contributed by atoms with Gasteiger partial charge in [-0.15, -0.1) is 0 Å². The van der Waals surface area contributed by atoms with E-state index in [2.05, 4.69) is 31.2 Å². The van der Waals surface area contributed by atoms with Gasteiger partial charge >= 0.3 is 0 Å². The minimum absolute atomic E-state index is 0.0212. The van der Waals surface area contributed by atoms with Crippen molar-refractivity contribution in [3.8, 4) is 22.6 Å². The van der Waals surface area contributed by atoms with Gasteiger partial charge in [0, 0.05) is 35.8 Å². The first kappa shape index (κ1) is 19.6. The Morgan fingerprint density at radius 2 is 1.83 bits per heavy atom. The van der Waals surface area contributed by atoms with E-state index in [4.69, 9.17) is 0 Å². The predicted octanol–water partition coefficient (Wildman–Crippen LogP) is 4.67. The fourth-order valence-electron chi connectivity index (χ4n) is 3.44. The number of carbonyl (C=O) groups is 1. The number of nitrogens with zero attached hydrogens (tertiary/aromatic N) is 4. The molecular formula is C24H23N5O. The van der Waals surface area contributed by atoms with Gasteiger partial charge in [0.2, 0.25) is 0 Å². The lowest BCUT2D eigenvalue weighted by Gasteiger charge is -2.08. The first-order valence-corrected chi connectivity index (χ1v) is 9.91. The molecular weight excluding hydrogens is 374 g/mol. The second kappa shape index (κ2) is 8.37. The third kappa shape index (κ3) is 4.33. The zero-order valence-corrected chi connectivity index (χ0v) is 17.3. The van der Waals surface area contributed by atoms with Gasteiger partial charge < -0.3 is 0 Å². The van der Waals surface area contributed by atoms with Crippen molar-refractivity contribution in [3.63, 3.8) is 0 Å². The number of rotatable bonds is 6. The van der Waals surface area contributed by atoms with Crippen molar-refractivity contribution in [2.75, 3.05) is 0 Å². The summed E-state index contributed by atoms with van der Waals surface area (Å²) in [7, 11) is 0. The van der Waals surface area contributed by atoms with Crippen LogP contribution in [0.15, 0.2) is 54.9 Å². The highest BCUT2D eigenvalue weighted by Gasteiger charge is 2.13. The number of aryl methyl sites for hydroxylation is 4. The van der Waals surface area contributed by atoms with Crippen LogP contribution in [0.25, 0.3) is 22.6 Å². The molecule has 6 nitrogen and oxygen atoms in total. The third-order valence-electron chi connectivity index (χ3n) is 4.97. The maximum atomic E-state index is 12.6. The number of Topliss-reactive ketones (excluding diaryl/α,β-unsaturated/α-hetero) is 1. The van der Waals surface area contributed by atoms with Crippen molar-refractivity contribution in [3.05, 3.63) is 83.1 Å². The fourth-order valence-corrected chi connectivity index (χ4v) is 3.44. The summed E-state index contributed by atoms with van der Waals surface area (Å²) in [5, 5.41) is 7.09. The summed E-state index contributed by atoms with van der Waals surface area (Å²) in [5.41, 5.74) is 7.93. The van der Waals surface area contributed by atoms with E-state index >= 15 is 0 Å². The van der Waals surface area contributed by atoms with Gasteiger partial charge in [0.15, 0.2) is 5.78 Å². The highest BCUT2D eigenvalue weighted by molar-refractivity contribution is 5.95.